The summed E-state index contributed by atoms with van der Waals surface area (Å²) < 4.78 is 5.55. The van der Waals surface area contributed by atoms with Crippen LogP contribution in [0, 0.1) is 20.8 Å². The Labute approximate surface area is 214 Å². The third-order valence-electron chi connectivity index (χ3n) is 6.11. The van der Waals surface area contributed by atoms with Crippen LogP contribution >= 0.6 is 0 Å². The van der Waals surface area contributed by atoms with Gasteiger partial charge in [-0.2, -0.15) is 5.10 Å². The predicted octanol–water partition coefficient (Wildman–Crippen LogP) is 6.21. The number of fused-ring (bicyclic) bond motifs is 1. The standard InChI is InChI=1S/C31H25N3O3/c1-19-4-9-22(10-5-19)27-15-24(16-28(33-27)23-11-6-20(2)7-12-23)31(36)34-32-17-25-18-37-29-13-8-21(3)14-26(29)30(25)35/h4-18H,1-3H3,(H,34,36)/b32-17+. The zero-order valence-electron chi connectivity index (χ0n) is 20.8. The number of nitrogens with one attached hydrogen (secondary N) is 1. The van der Waals surface area contributed by atoms with Crippen molar-refractivity contribution in [2.45, 2.75) is 20.8 Å². The van der Waals surface area contributed by atoms with Crippen LogP contribution < -0.4 is 10.9 Å². The molecule has 37 heavy (non-hydrogen) atoms. The van der Waals surface area contributed by atoms with Gasteiger partial charge in [-0.25, -0.2) is 10.4 Å². The third-order valence-corrected chi connectivity index (χ3v) is 6.11. The lowest BCUT2D eigenvalue weighted by molar-refractivity contribution is 0.0955. The summed E-state index contributed by atoms with van der Waals surface area (Å²) in [5, 5.41) is 4.50. The van der Waals surface area contributed by atoms with Gasteiger partial charge in [-0.05, 0) is 45.0 Å². The second-order valence-electron chi connectivity index (χ2n) is 9.08. The van der Waals surface area contributed by atoms with Gasteiger partial charge in [0.05, 0.1) is 28.6 Å². The number of benzene rings is 3. The van der Waals surface area contributed by atoms with Crippen molar-refractivity contribution in [1.82, 2.24) is 10.4 Å². The largest absolute Gasteiger partial charge is 0.463 e. The van der Waals surface area contributed by atoms with E-state index < -0.39 is 5.91 Å². The number of pyridine rings is 1. The first-order valence-electron chi connectivity index (χ1n) is 11.9. The Morgan fingerprint density at radius 1 is 0.811 bits per heavy atom. The van der Waals surface area contributed by atoms with E-state index in [0.29, 0.717) is 27.9 Å². The van der Waals surface area contributed by atoms with Gasteiger partial charge < -0.3 is 4.42 Å². The number of nitrogens with zero attached hydrogens (tertiary/aromatic N) is 2. The van der Waals surface area contributed by atoms with Crippen molar-refractivity contribution in [3.63, 3.8) is 0 Å². The van der Waals surface area contributed by atoms with Crippen molar-refractivity contribution >= 4 is 23.1 Å². The molecule has 0 aliphatic rings. The molecule has 0 atom stereocenters. The molecule has 1 N–H and O–H groups in total. The van der Waals surface area contributed by atoms with E-state index in [4.69, 9.17) is 9.40 Å². The highest BCUT2D eigenvalue weighted by atomic mass is 16.3. The minimum Gasteiger partial charge on any atom is -0.463 e. The smallest absolute Gasteiger partial charge is 0.271 e. The van der Waals surface area contributed by atoms with Gasteiger partial charge in [0.2, 0.25) is 5.43 Å². The molecule has 3 aromatic carbocycles. The van der Waals surface area contributed by atoms with Crippen LogP contribution in [0.5, 0.6) is 0 Å². The van der Waals surface area contributed by atoms with Crippen molar-refractivity contribution < 1.29 is 9.21 Å². The van der Waals surface area contributed by atoms with Crippen LogP contribution in [0.3, 0.4) is 0 Å². The van der Waals surface area contributed by atoms with Crippen LogP contribution in [-0.2, 0) is 0 Å². The molecular weight excluding hydrogens is 462 g/mol. The molecule has 0 saturated heterocycles. The number of hydrogen-bond donors (Lipinski definition) is 1. The highest BCUT2D eigenvalue weighted by Crippen LogP contribution is 2.25. The van der Waals surface area contributed by atoms with Crippen LogP contribution in [0.15, 0.2) is 99.4 Å². The van der Waals surface area contributed by atoms with Gasteiger partial charge in [-0.15, -0.1) is 0 Å². The van der Waals surface area contributed by atoms with E-state index in [-0.39, 0.29) is 11.0 Å². The Hall–Kier alpha value is -4.84. The molecule has 0 aliphatic carbocycles. The molecule has 0 radical (unpaired) electrons. The zero-order valence-corrected chi connectivity index (χ0v) is 20.8. The molecule has 0 unspecified atom stereocenters. The number of aryl methyl sites for hydroxylation is 3. The van der Waals surface area contributed by atoms with E-state index in [1.54, 1.807) is 24.3 Å². The topological polar surface area (TPSA) is 84.6 Å². The molecule has 2 aromatic heterocycles. The third kappa shape index (κ3) is 5.23. The fourth-order valence-electron chi connectivity index (χ4n) is 3.98. The van der Waals surface area contributed by atoms with Crippen LogP contribution in [0.25, 0.3) is 33.5 Å². The number of aromatic nitrogens is 1. The van der Waals surface area contributed by atoms with Crippen molar-refractivity contribution in [2.24, 2.45) is 5.10 Å². The molecule has 0 fully saturated rings. The summed E-state index contributed by atoms with van der Waals surface area (Å²) in [5.41, 5.74) is 9.86. The maximum atomic E-state index is 13.1. The highest BCUT2D eigenvalue weighted by molar-refractivity contribution is 5.97. The van der Waals surface area contributed by atoms with Crippen molar-refractivity contribution in [2.75, 3.05) is 0 Å². The summed E-state index contributed by atoms with van der Waals surface area (Å²) in [5.74, 6) is -0.415. The normalized spacial score (nSPS) is 11.2. The average molecular weight is 488 g/mol. The van der Waals surface area contributed by atoms with Gasteiger partial charge in [0.1, 0.15) is 11.8 Å². The van der Waals surface area contributed by atoms with E-state index in [1.165, 1.54) is 12.5 Å². The number of amides is 1. The van der Waals surface area contributed by atoms with Gasteiger partial charge in [0.15, 0.2) is 0 Å². The Morgan fingerprint density at radius 3 is 1.97 bits per heavy atom. The Bertz CT molecular complexity index is 1640. The summed E-state index contributed by atoms with van der Waals surface area (Å²) >= 11 is 0. The number of hydrogen-bond acceptors (Lipinski definition) is 5. The van der Waals surface area contributed by atoms with Crippen LogP contribution in [-0.4, -0.2) is 17.1 Å². The Kier molecular flexibility index (Phi) is 6.47. The quantitative estimate of drug-likeness (QED) is 0.236. The fourth-order valence-corrected chi connectivity index (χ4v) is 3.98. The van der Waals surface area contributed by atoms with Crippen molar-refractivity contribution in [3.05, 3.63) is 123 Å². The van der Waals surface area contributed by atoms with Crippen molar-refractivity contribution in [3.8, 4) is 22.5 Å². The number of carbonyl (C=O) groups is 1. The van der Waals surface area contributed by atoms with Crippen molar-refractivity contribution in [1.29, 1.82) is 0 Å². The molecule has 0 bridgehead atoms. The number of rotatable bonds is 5. The minimum atomic E-state index is -0.415. The predicted molar refractivity (Wildman–Crippen MR) is 147 cm³/mol. The number of hydrazone groups is 1. The first kappa shape index (κ1) is 23.9. The molecule has 0 saturated carbocycles. The summed E-state index contributed by atoms with van der Waals surface area (Å²) in [7, 11) is 0. The van der Waals surface area contributed by atoms with Crippen LogP contribution in [0.4, 0.5) is 0 Å². The summed E-state index contributed by atoms with van der Waals surface area (Å²) in [6.07, 6.45) is 2.64. The first-order chi connectivity index (χ1) is 17.9. The van der Waals surface area contributed by atoms with Gasteiger partial charge in [-0.3, -0.25) is 9.59 Å². The molecule has 6 heteroatoms. The number of carbonyl (C=O) groups excluding carboxylic acids is 1. The first-order valence-corrected chi connectivity index (χ1v) is 11.9. The van der Waals surface area contributed by atoms with E-state index in [0.717, 1.165) is 27.8 Å². The molecule has 182 valence electrons. The molecule has 2 heterocycles. The minimum absolute atomic E-state index is 0.213. The van der Waals surface area contributed by atoms with E-state index >= 15 is 0 Å². The molecule has 6 nitrogen and oxygen atoms in total. The molecule has 1 amide bonds. The van der Waals surface area contributed by atoms with Gasteiger partial charge >= 0.3 is 0 Å². The molecule has 5 rings (SSSR count). The SMILES string of the molecule is Cc1ccc(-c2cc(C(=O)N/N=C/c3coc4ccc(C)cc4c3=O)cc(-c3ccc(C)cc3)n2)cc1. The molecule has 0 aliphatic heterocycles. The fraction of sp³-hybridized carbons (Fsp3) is 0.0968. The summed E-state index contributed by atoms with van der Waals surface area (Å²) in [6, 6.07) is 24.9. The highest BCUT2D eigenvalue weighted by Gasteiger charge is 2.13. The van der Waals surface area contributed by atoms with E-state index in [9.17, 15) is 9.59 Å². The van der Waals surface area contributed by atoms with E-state index in [1.807, 2.05) is 75.4 Å². The maximum absolute atomic E-state index is 13.1. The Balaban J connectivity index is 1.46. The van der Waals surface area contributed by atoms with Crippen LogP contribution in [0.2, 0.25) is 0 Å². The maximum Gasteiger partial charge on any atom is 0.271 e. The van der Waals surface area contributed by atoms with Gasteiger partial charge in [-0.1, -0.05) is 71.3 Å². The van der Waals surface area contributed by atoms with E-state index in [2.05, 4.69) is 10.5 Å². The zero-order chi connectivity index (χ0) is 25.9. The van der Waals surface area contributed by atoms with Gasteiger partial charge in [0.25, 0.3) is 5.91 Å². The lowest BCUT2D eigenvalue weighted by atomic mass is 10.0. The van der Waals surface area contributed by atoms with Gasteiger partial charge in [0, 0.05) is 16.7 Å². The molecular formula is C31H25N3O3. The summed E-state index contributed by atoms with van der Waals surface area (Å²) in [4.78, 5) is 30.7. The Morgan fingerprint density at radius 2 is 1.38 bits per heavy atom. The second kappa shape index (κ2) is 10.0. The lowest BCUT2D eigenvalue weighted by Crippen LogP contribution is -2.19. The summed E-state index contributed by atoms with van der Waals surface area (Å²) in [6.45, 7) is 5.95. The monoisotopic (exact) mass is 487 g/mol. The van der Waals surface area contributed by atoms with Crippen LogP contribution in [0.1, 0.15) is 32.6 Å². The molecule has 5 aromatic rings. The second-order valence-corrected chi connectivity index (χ2v) is 9.08. The lowest BCUT2D eigenvalue weighted by Gasteiger charge is -2.10. The average Bonchev–Trinajstić information content (AvgIpc) is 2.91. The molecule has 0 spiro atoms.